The van der Waals surface area contributed by atoms with E-state index in [-0.39, 0.29) is 29.8 Å². The van der Waals surface area contributed by atoms with Crippen LogP contribution in [0.4, 0.5) is 10.2 Å². The normalized spacial score (nSPS) is 10.2. The smallest absolute Gasteiger partial charge is 0.260 e. The molecule has 0 saturated heterocycles. The zero-order chi connectivity index (χ0) is 20.1. The Kier molecular flexibility index (Phi) is 5.40. The molecule has 0 aliphatic rings. The van der Waals surface area contributed by atoms with Crippen LogP contribution >= 0.6 is 0 Å². The molecule has 3 rings (SSSR count). The van der Waals surface area contributed by atoms with Gasteiger partial charge >= 0.3 is 0 Å². The Morgan fingerprint density at radius 1 is 1.32 bits per heavy atom. The van der Waals surface area contributed by atoms with Gasteiger partial charge in [0.15, 0.2) is 0 Å². The summed E-state index contributed by atoms with van der Waals surface area (Å²) in [5.41, 5.74) is -0.310. The molecule has 3 aromatic rings. The molecule has 144 valence electrons. The van der Waals surface area contributed by atoms with Crippen LogP contribution in [0, 0.1) is 16.6 Å². The van der Waals surface area contributed by atoms with Crippen LogP contribution in [-0.4, -0.2) is 33.9 Å². The average molecular weight is 384 g/mol. The lowest BCUT2D eigenvalue weighted by atomic mass is 10.2. The van der Waals surface area contributed by atoms with Crippen LogP contribution in [0.15, 0.2) is 48.9 Å². The predicted molar refractivity (Wildman–Crippen MR) is 99.6 cm³/mol. The second-order valence-corrected chi connectivity index (χ2v) is 5.43. The molecule has 0 unspecified atom stereocenters. The Morgan fingerprint density at radius 2 is 2.14 bits per heavy atom. The molecule has 28 heavy (non-hydrogen) atoms. The van der Waals surface area contributed by atoms with Crippen molar-refractivity contribution in [3.05, 3.63) is 65.8 Å². The third-order valence-corrected chi connectivity index (χ3v) is 3.54. The van der Waals surface area contributed by atoms with Crippen molar-refractivity contribution < 1.29 is 20.1 Å². The average Bonchev–Trinajstić information content (AvgIpc) is 2.69. The second kappa shape index (κ2) is 8.08. The first-order valence-corrected chi connectivity index (χ1v) is 7.92. The molecule has 1 amide bonds. The maximum atomic E-state index is 13.3. The summed E-state index contributed by atoms with van der Waals surface area (Å²) in [5.74, 6) is -0.452. The molecule has 0 aromatic carbocycles. The van der Waals surface area contributed by atoms with Gasteiger partial charge in [-0.3, -0.25) is 25.2 Å². The fourth-order valence-corrected chi connectivity index (χ4v) is 2.29. The molecule has 3 N–H and O–H groups in total. The third kappa shape index (κ3) is 4.18. The van der Waals surface area contributed by atoms with E-state index in [4.69, 9.17) is 20.3 Å². The number of hydrogen-bond donors (Lipinski definition) is 3. The van der Waals surface area contributed by atoms with Crippen LogP contribution in [0.2, 0.25) is 0 Å². The summed E-state index contributed by atoms with van der Waals surface area (Å²) in [6, 6.07) is 7.26. The lowest BCUT2D eigenvalue weighted by Crippen LogP contribution is -2.29. The van der Waals surface area contributed by atoms with Gasteiger partial charge in [0.05, 0.1) is 37.6 Å². The molecule has 3 heterocycles. The maximum Gasteiger partial charge on any atom is 0.260 e. The van der Waals surface area contributed by atoms with E-state index in [0.29, 0.717) is 5.88 Å². The molecule has 0 fully saturated rings. The first kappa shape index (κ1) is 18.7. The van der Waals surface area contributed by atoms with Gasteiger partial charge in [0.25, 0.3) is 5.91 Å². The number of nitrogens with one attached hydrogen (secondary N) is 3. The Hall–Kier alpha value is -4.08. The molecular formula is C18H17FN6O3. The zero-order valence-electron chi connectivity index (χ0n) is 14.6. The highest BCUT2D eigenvalue weighted by atomic mass is 19.1. The van der Waals surface area contributed by atoms with Gasteiger partial charge in [-0.15, -0.1) is 0 Å². The number of carbonyl (C=O) groups is 1. The molecule has 0 atom stereocenters. The minimum atomic E-state index is -0.635. The van der Waals surface area contributed by atoms with Crippen molar-refractivity contribution in [1.29, 1.82) is 10.8 Å². The van der Waals surface area contributed by atoms with E-state index in [1.165, 1.54) is 25.6 Å². The molecule has 0 aliphatic carbocycles. The van der Waals surface area contributed by atoms with Crippen molar-refractivity contribution >= 4 is 18.1 Å². The summed E-state index contributed by atoms with van der Waals surface area (Å²) in [4.78, 5) is 20.4. The lowest BCUT2D eigenvalue weighted by molar-refractivity contribution is 0.102. The Morgan fingerprint density at radius 3 is 2.86 bits per heavy atom. The quantitative estimate of drug-likeness (QED) is 0.445. The van der Waals surface area contributed by atoms with Gasteiger partial charge in [-0.05, 0) is 12.1 Å². The van der Waals surface area contributed by atoms with Crippen LogP contribution in [-0.2, 0) is 0 Å². The van der Waals surface area contributed by atoms with Crippen LogP contribution in [0.5, 0.6) is 17.4 Å². The number of halogens is 1. The number of pyridine rings is 3. The SMILES string of the molecule is COc1cccc(NC(=O)c2cc(Oc3cncc(F)c3)cn(C=N)c2=N)n1.[HH]. The first-order valence-electron chi connectivity index (χ1n) is 7.92. The largest absolute Gasteiger partial charge is 0.481 e. The Balaban J connectivity index is 0.00000300. The van der Waals surface area contributed by atoms with E-state index in [9.17, 15) is 9.18 Å². The summed E-state index contributed by atoms with van der Waals surface area (Å²) in [6.45, 7) is 0. The van der Waals surface area contributed by atoms with Crippen LogP contribution in [0.25, 0.3) is 0 Å². The summed E-state index contributed by atoms with van der Waals surface area (Å²) in [7, 11) is 1.45. The topological polar surface area (TPSA) is 126 Å². The van der Waals surface area contributed by atoms with Gasteiger partial charge in [-0.25, -0.2) is 4.39 Å². The minimum absolute atomic E-state index is 0. The molecule has 0 spiro atoms. The molecule has 3 aromatic heterocycles. The number of rotatable bonds is 6. The van der Waals surface area contributed by atoms with Crippen molar-refractivity contribution in [2.75, 3.05) is 12.4 Å². The van der Waals surface area contributed by atoms with Crippen LogP contribution in [0.3, 0.4) is 0 Å². The number of nitrogens with zero attached hydrogens (tertiary/aromatic N) is 3. The monoisotopic (exact) mass is 384 g/mol. The van der Waals surface area contributed by atoms with E-state index in [1.54, 1.807) is 18.2 Å². The number of ether oxygens (including phenoxy) is 2. The van der Waals surface area contributed by atoms with Gasteiger partial charge in [-0.1, -0.05) is 6.07 Å². The lowest BCUT2D eigenvalue weighted by Gasteiger charge is -2.11. The van der Waals surface area contributed by atoms with Crippen molar-refractivity contribution in [2.45, 2.75) is 0 Å². The maximum absolute atomic E-state index is 13.3. The third-order valence-electron chi connectivity index (χ3n) is 3.54. The molecule has 0 saturated carbocycles. The van der Waals surface area contributed by atoms with Crippen molar-refractivity contribution in [3.63, 3.8) is 0 Å². The minimum Gasteiger partial charge on any atom is -0.481 e. The number of amides is 1. The van der Waals surface area contributed by atoms with Crippen LogP contribution in [0.1, 0.15) is 11.8 Å². The Bertz CT molecular complexity index is 1100. The number of methoxy groups -OCH3 is 1. The van der Waals surface area contributed by atoms with E-state index < -0.39 is 11.7 Å². The molecule has 0 radical (unpaired) electrons. The predicted octanol–water partition coefficient (Wildman–Crippen LogP) is 2.65. The van der Waals surface area contributed by atoms with Crippen molar-refractivity contribution in [1.82, 2.24) is 14.5 Å². The van der Waals surface area contributed by atoms with Crippen molar-refractivity contribution in [3.8, 4) is 17.4 Å². The van der Waals surface area contributed by atoms with Gasteiger partial charge in [0, 0.05) is 13.6 Å². The number of aromatic nitrogens is 3. The highest BCUT2D eigenvalue weighted by molar-refractivity contribution is 6.03. The molecule has 9 nitrogen and oxygen atoms in total. The van der Waals surface area contributed by atoms with E-state index >= 15 is 0 Å². The fourth-order valence-electron chi connectivity index (χ4n) is 2.29. The van der Waals surface area contributed by atoms with Gasteiger partial charge in [-0.2, -0.15) is 4.98 Å². The highest BCUT2D eigenvalue weighted by Gasteiger charge is 2.14. The molecule has 10 heteroatoms. The van der Waals surface area contributed by atoms with Gasteiger partial charge in [0.2, 0.25) is 5.88 Å². The van der Waals surface area contributed by atoms with Gasteiger partial charge < -0.3 is 14.8 Å². The van der Waals surface area contributed by atoms with Crippen molar-refractivity contribution in [2.24, 2.45) is 0 Å². The number of carbonyl (C=O) groups excluding carboxylic acids is 1. The zero-order valence-corrected chi connectivity index (χ0v) is 14.6. The van der Waals surface area contributed by atoms with E-state index in [1.807, 2.05) is 0 Å². The molecule has 0 aliphatic heterocycles. The summed E-state index contributed by atoms with van der Waals surface area (Å²) in [6.07, 6.45) is 4.49. The molecular weight excluding hydrogens is 367 g/mol. The summed E-state index contributed by atoms with van der Waals surface area (Å²) >= 11 is 0. The number of hydrogen-bond acceptors (Lipinski definition) is 7. The summed E-state index contributed by atoms with van der Waals surface area (Å²) in [5, 5.41) is 18.1. The highest BCUT2D eigenvalue weighted by Crippen LogP contribution is 2.21. The van der Waals surface area contributed by atoms with Crippen LogP contribution < -0.4 is 20.3 Å². The summed E-state index contributed by atoms with van der Waals surface area (Å²) < 4.78 is 24.9. The van der Waals surface area contributed by atoms with Gasteiger partial charge in [0.1, 0.15) is 28.6 Å². The standard InChI is InChI=1S/C18H15FN6O3.H2/c1-27-16-4-2-3-15(23-16)24-18(26)14-6-13(9-25(10-20)17(14)21)28-12-5-11(19)7-22-8-12;/h2-10,20-21H,1H3,(H,23,24,26);1H. The molecule has 0 bridgehead atoms. The first-order chi connectivity index (χ1) is 13.5. The fraction of sp³-hybridized carbons (Fsp3) is 0.0556. The number of anilines is 1. The Labute approximate surface area is 159 Å². The second-order valence-electron chi connectivity index (χ2n) is 5.43. The van der Waals surface area contributed by atoms with E-state index in [0.717, 1.165) is 23.2 Å². The van der Waals surface area contributed by atoms with E-state index in [2.05, 4.69) is 15.3 Å².